The van der Waals surface area contributed by atoms with Gasteiger partial charge in [0.15, 0.2) is 0 Å². The third-order valence-corrected chi connectivity index (χ3v) is 5.35. The Labute approximate surface area is 159 Å². The number of carbonyl (C=O) groups excluding carboxylic acids is 2. The van der Waals surface area contributed by atoms with Crippen LogP contribution in [0.2, 0.25) is 0 Å². The first kappa shape index (κ1) is 17.5. The van der Waals surface area contributed by atoms with Gasteiger partial charge in [0.05, 0.1) is 6.04 Å². The van der Waals surface area contributed by atoms with E-state index in [0.717, 1.165) is 49.2 Å². The Morgan fingerprint density at radius 2 is 1.85 bits per heavy atom. The number of pyridine rings is 1. The van der Waals surface area contributed by atoms with Gasteiger partial charge in [0.25, 0.3) is 0 Å². The molecule has 1 N–H and O–H groups in total. The molecule has 0 spiro atoms. The van der Waals surface area contributed by atoms with E-state index in [-0.39, 0.29) is 18.0 Å². The minimum Gasteiger partial charge on any atom is -0.338 e. The zero-order chi connectivity index (χ0) is 18.6. The normalized spacial score (nSPS) is 19.6. The van der Waals surface area contributed by atoms with Crippen LogP contribution in [0.3, 0.4) is 0 Å². The zero-order valence-corrected chi connectivity index (χ0v) is 15.3. The molecule has 0 saturated carbocycles. The molecule has 3 heterocycles. The van der Waals surface area contributed by atoms with Crippen molar-refractivity contribution in [3.8, 4) is 0 Å². The summed E-state index contributed by atoms with van der Waals surface area (Å²) >= 11 is 0. The number of hydrogen-bond acceptors (Lipinski definition) is 3. The Morgan fingerprint density at radius 3 is 2.56 bits per heavy atom. The Hall–Kier alpha value is -2.89. The maximum Gasteiger partial charge on any atom is 0.322 e. The molecule has 2 aliphatic rings. The van der Waals surface area contributed by atoms with E-state index < -0.39 is 0 Å². The van der Waals surface area contributed by atoms with E-state index in [1.807, 2.05) is 46.2 Å². The van der Waals surface area contributed by atoms with Gasteiger partial charge in [0.1, 0.15) is 0 Å². The number of amides is 3. The van der Waals surface area contributed by atoms with Gasteiger partial charge in [-0.1, -0.05) is 12.1 Å². The van der Waals surface area contributed by atoms with Crippen molar-refractivity contribution in [2.24, 2.45) is 0 Å². The Morgan fingerprint density at radius 1 is 1.07 bits per heavy atom. The van der Waals surface area contributed by atoms with Crippen LogP contribution in [0.5, 0.6) is 0 Å². The second-order valence-corrected chi connectivity index (χ2v) is 7.18. The monoisotopic (exact) mass is 364 g/mol. The molecule has 2 saturated heterocycles. The zero-order valence-electron chi connectivity index (χ0n) is 15.3. The number of aromatic nitrogens is 1. The van der Waals surface area contributed by atoms with Crippen LogP contribution in [0, 0.1) is 0 Å². The first-order valence-electron chi connectivity index (χ1n) is 9.55. The molecular formula is C21H24N4O2. The van der Waals surface area contributed by atoms with Crippen LogP contribution in [0.15, 0.2) is 48.8 Å². The third kappa shape index (κ3) is 3.94. The molecule has 1 unspecified atom stereocenters. The van der Waals surface area contributed by atoms with Crippen molar-refractivity contribution in [3.05, 3.63) is 59.9 Å². The first-order chi connectivity index (χ1) is 13.2. The van der Waals surface area contributed by atoms with Crippen molar-refractivity contribution in [3.63, 3.8) is 0 Å². The molecule has 4 rings (SSSR count). The van der Waals surface area contributed by atoms with E-state index in [4.69, 9.17) is 0 Å². The van der Waals surface area contributed by atoms with E-state index in [2.05, 4.69) is 10.3 Å². The van der Waals surface area contributed by atoms with E-state index in [1.54, 1.807) is 12.4 Å². The van der Waals surface area contributed by atoms with Gasteiger partial charge in [-0.25, -0.2) is 4.79 Å². The predicted molar refractivity (Wildman–Crippen MR) is 103 cm³/mol. The van der Waals surface area contributed by atoms with Crippen LogP contribution < -0.4 is 5.32 Å². The van der Waals surface area contributed by atoms with Gasteiger partial charge < -0.3 is 15.1 Å². The van der Waals surface area contributed by atoms with Crippen LogP contribution >= 0.6 is 0 Å². The molecule has 3 amide bonds. The molecule has 2 aliphatic heterocycles. The number of hydrogen-bond donors (Lipinski definition) is 1. The third-order valence-electron chi connectivity index (χ3n) is 5.35. The predicted octanol–water partition coefficient (Wildman–Crippen LogP) is 3.57. The number of nitrogens with one attached hydrogen (secondary N) is 1. The van der Waals surface area contributed by atoms with Crippen LogP contribution in [-0.4, -0.2) is 39.8 Å². The number of urea groups is 1. The number of likely N-dealkylation sites (tertiary alicyclic amines) is 2. The number of nitrogens with zero attached hydrogens (tertiary/aromatic N) is 3. The Balaban J connectivity index is 1.38. The highest BCUT2D eigenvalue weighted by Gasteiger charge is 2.30. The molecule has 6 heteroatoms. The molecule has 1 aromatic carbocycles. The van der Waals surface area contributed by atoms with E-state index in [9.17, 15) is 9.59 Å². The van der Waals surface area contributed by atoms with Gasteiger partial charge in [0, 0.05) is 44.1 Å². The maximum absolute atomic E-state index is 12.8. The molecule has 2 aromatic rings. The van der Waals surface area contributed by atoms with Gasteiger partial charge >= 0.3 is 6.03 Å². The number of anilines is 1. The lowest BCUT2D eigenvalue weighted by atomic mass is 10.1. The SMILES string of the molecule is O=C1CCCN1Cc1ccc(NC(=O)N2CCCC2c2ccncc2)cc1. The molecule has 1 aromatic heterocycles. The largest absolute Gasteiger partial charge is 0.338 e. The van der Waals surface area contributed by atoms with E-state index in [1.165, 1.54) is 0 Å². The molecule has 6 nitrogen and oxygen atoms in total. The summed E-state index contributed by atoms with van der Waals surface area (Å²) in [6.45, 7) is 2.24. The molecule has 1 atom stereocenters. The van der Waals surface area contributed by atoms with Crippen LogP contribution in [0.1, 0.15) is 42.9 Å². The van der Waals surface area contributed by atoms with Crippen LogP contribution in [-0.2, 0) is 11.3 Å². The number of benzene rings is 1. The highest BCUT2D eigenvalue weighted by Crippen LogP contribution is 2.32. The maximum atomic E-state index is 12.8. The number of rotatable bonds is 4. The van der Waals surface area contributed by atoms with Gasteiger partial charge in [-0.05, 0) is 54.7 Å². The van der Waals surface area contributed by atoms with Crippen molar-refractivity contribution < 1.29 is 9.59 Å². The fourth-order valence-electron chi connectivity index (χ4n) is 3.92. The summed E-state index contributed by atoms with van der Waals surface area (Å²) in [5.41, 5.74) is 2.99. The van der Waals surface area contributed by atoms with Crippen molar-refractivity contribution in [2.45, 2.75) is 38.3 Å². The number of carbonyl (C=O) groups is 2. The molecule has 0 aliphatic carbocycles. The first-order valence-corrected chi connectivity index (χ1v) is 9.55. The highest BCUT2D eigenvalue weighted by molar-refractivity contribution is 5.89. The van der Waals surface area contributed by atoms with Gasteiger partial charge in [-0.3, -0.25) is 9.78 Å². The molecular weight excluding hydrogens is 340 g/mol. The quantitative estimate of drug-likeness (QED) is 0.902. The summed E-state index contributed by atoms with van der Waals surface area (Å²) in [6, 6.07) is 11.8. The average molecular weight is 364 g/mol. The van der Waals surface area contributed by atoms with Crippen LogP contribution in [0.25, 0.3) is 0 Å². The summed E-state index contributed by atoms with van der Waals surface area (Å²) in [5, 5.41) is 3.00. The summed E-state index contributed by atoms with van der Waals surface area (Å²) in [4.78, 5) is 32.3. The minimum absolute atomic E-state index is 0.0724. The summed E-state index contributed by atoms with van der Waals surface area (Å²) < 4.78 is 0. The summed E-state index contributed by atoms with van der Waals surface area (Å²) in [7, 11) is 0. The molecule has 2 fully saturated rings. The van der Waals surface area contributed by atoms with E-state index >= 15 is 0 Å². The smallest absolute Gasteiger partial charge is 0.322 e. The second-order valence-electron chi connectivity index (χ2n) is 7.18. The lowest BCUT2D eigenvalue weighted by Gasteiger charge is -2.25. The van der Waals surface area contributed by atoms with Gasteiger partial charge in [-0.15, -0.1) is 0 Å². The summed E-state index contributed by atoms with van der Waals surface area (Å²) in [5.74, 6) is 0.226. The fraction of sp³-hybridized carbons (Fsp3) is 0.381. The molecule has 0 radical (unpaired) electrons. The van der Waals surface area contributed by atoms with Crippen molar-refractivity contribution in [1.29, 1.82) is 0 Å². The summed E-state index contributed by atoms with van der Waals surface area (Å²) in [6.07, 6.45) is 7.12. The average Bonchev–Trinajstić information content (AvgIpc) is 3.34. The standard InChI is InChI=1S/C21H24N4O2/c26-20-4-2-13-24(20)15-16-5-7-18(8-6-16)23-21(27)25-14-1-3-19(25)17-9-11-22-12-10-17/h5-12,19H,1-4,13-15H2,(H,23,27). The Bertz CT molecular complexity index is 807. The lowest BCUT2D eigenvalue weighted by Crippen LogP contribution is -2.34. The van der Waals surface area contributed by atoms with Gasteiger partial charge in [-0.2, -0.15) is 0 Å². The molecule has 0 bridgehead atoms. The van der Waals surface area contributed by atoms with Gasteiger partial charge in [0.2, 0.25) is 5.91 Å². The molecule has 27 heavy (non-hydrogen) atoms. The van der Waals surface area contributed by atoms with E-state index in [0.29, 0.717) is 13.0 Å². The minimum atomic E-state index is -0.0724. The second kappa shape index (κ2) is 7.78. The molecule has 140 valence electrons. The lowest BCUT2D eigenvalue weighted by molar-refractivity contribution is -0.128. The Kier molecular flexibility index (Phi) is 5.05. The van der Waals surface area contributed by atoms with Crippen molar-refractivity contribution >= 4 is 17.6 Å². The fourth-order valence-corrected chi connectivity index (χ4v) is 3.92. The highest BCUT2D eigenvalue weighted by atomic mass is 16.2. The van der Waals surface area contributed by atoms with Crippen molar-refractivity contribution in [1.82, 2.24) is 14.8 Å². The topological polar surface area (TPSA) is 65.5 Å². The van der Waals surface area contributed by atoms with Crippen LogP contribution in [0.4, 0.5) is 10.5 Å². The van der Waals surface area contributed by atoms with Crippen molar-refractivity contribution in [2.75, 3.05) is 18.4 Å².